The molecule has 1 saturated carbocycles. The highest BCUT2D eigenvalue weighted by molar-refractivity contribution is 5.68. The molecule has 20 heavy (non-hydrogen) atoms. The maximum Gasteiger partial charge on any atom is 0.410 e. The lowest BCUT2D eigenvalue weighted by Crippen LogP contribution is -2.46. The molecule has 2 rings (SSSR count). The van der Waals surface area contributed by atoms with Gasteiger partial charge in [-0.05, 0) is 57.4 Å². The molecule has 0 aromatic rings. The first kappa shape index (κ1) is 14.8. The van der Waals surface area contributed by atoms with Gasteiger partial charge in [0.1, 0.15) is 5.60 Å². The zero-order valence-electron chi connectivity index (χ0n) is 12.2. The van der Waals surface area contributed by atoms with Crippen molar-refractivity contribution >= 4 is 6.09 Å². The third-order valence-corrected chi connectivity index (χ3v) is 3.99. The minimum absolute atomic E-state index is 0.221. The van der Waals surface area contributed by atoms with Crippen molar-refractivity contribution in [3.8, 4) is 0 Å². The first-order chi connectivity index (χ1) is 9.26. The van der Waals surface area contributed by atoms with Crippen LogP contribution in [0.15, 0.2) is 12.3 Å². The van der Waals surface area contributed by atoms with Crippen LogP contribution in [-0.2, 0) is 4.74 Å². The number of carbonyl (C=O) groups is 1. The van der Waals surface area contributed by atoms with E-state index in [-0.39, 0.29) is 12.0 Å². The maximum atomic E-state index is 12.1. The van der Waals surface area contributed by atoms with Crippen LogP contribution in [-0.4, -0.2) is 34.6 Å². The molecule has 1 aliphatic carbocycles. The number of nitro groups is 1. The molecule has 6 nitrogen and oxygen atoms in total. The summed E-state index contributed by atoms with van der Waals surface area (Å²) in [5, 5.41) is 10.4. The van der Waals surface area contributed by atoms with Crippen molar-refractivity contribution < 1.29 is 14.5 Å². The average Bonchev–Trinajstić information content (AvgIpc) is 2.54. The van der Waals surface area contributed by atoms with Gasteiger partial charge in [0.05, 0.1) is 4.92 Å². The molecular weight excluding hydrogens is 260 g/mol. The molecule has 0 aromatic carbocycles. The number of likely N-dealkylation sites (tertiary alicyclic amines) is 1. The number of carbonyl (C=O) groups excluding carboxylic acids is 1. The lowest BCUT2D eigenvalue weighted by molar-refractivity contribution is -0.403. The van der Waals surface area contributed by atoms with E-state index in [4.69, 9.17) is 4.74 Å². The standard InChI is InChI=1S/C14H22N2O4/c1-14(2,3)20-13(17)15-8-10-4-5-11(9-15)12(10)6-7-16(18)19/h6-7,10-12H,4-5,8-9H2,1-3H3/b7-6+/t10-,11+,12-. The Balaban J connectivity index is 1.98. The summed E-state index contributed by atoms with van der Waals surface area (Å²) in [5.41, 5.74) is -0.488. The highest BCUT2D eigenvalue weighted by Crippen LogP contribution is 2.42. The Morgan fingerprint density at radius 3 is 2.30 bits per heavy atom. The fourth-order valence-corrected chi connectivity index (χ4v) is 3.22. The summed E-state index contributed by atoms with van der Waals surface area (Å²) in [5.74, 6) is 0.856. The van der Waals surface area contributed by atoms with E-state index in [0.29, 0.717) is 24.9 Å². The molecule has 2 fully saturated rings. The first-order valence-electron chi connectivity index (χ1n) is 7.06. The number of fused-ring (bicyclic) bond motifs is 2. The van der Waals surface area contributed by atoms with Gasteiger partial charge in [-0.1, -0.05) is 0 Å². The second kappa shape index (κ2) is 5.42. The van der Waals surface area contributed by atoms with E-state index in [1.165, 1.54) is 0 Å². The minimum atomic E-state index is -0.488. The van der Waals surface area contributed by atoms with Crippen LogP contribution in [0.1, 0.15) is 33.6 Å². The SMILES string of the molecule is CC(C)(C)OC(=O)N1C[C@H]2CC[C@@H](C1)[C@@H]2/C=C/[N+](=O)[O-]. The number of ether oxygens (including phenoxy) is 1. The Labute approximate surface area is 118 Å². The summed E-state index contributed by atoms with van der Waals surface area (Å²) in [6.07, 6.45) is 4.52. The van der Waals surface area contributed by atoms with Gasteiger partial charge >= 0.3 is 6.09 Å². The van der Waals surface area contributed by atoms with Gasteiger partial charge in [0.25, 0.3) is 0 Å². The summed E-state index contributed by atoms with van der Waals surface area (Å²) >= 11 is 0. The van der Waals surface area contributed by atoms with Crippen LogP contribution < -0.4 is 0 Å². The van der Waals surface area contributed by atoms with Gasteiger partial charge in [0, 0.05) is 13.1 Å². The lowest BCUT2D eigenvalue weighted by atomic mass is 9.85. The van der Waals surface area contributed by atoms with Crippen LogP contribution in [0.2, 0.25) is 0 Å². The van der Waals surface area contributed by atoms with Gasteiger partial charge in [-0.2, -0.15) is 0 Å². The number of nitrogens with zero attached hydrogens (tertiary/aromatic N) is 2. The molecule has 6 heteroatoms. The number of hydrogen-bond donors (Lipinski definition) is 0. The summed E-state index contributed by atoms with van der Waals surface area (Å²) in [6, 6.07) is 0. The van der Waals surface area contributed by atoms with E-state index >= 15 is 0 Å². The van der Waals surface area contributed by atoms with Crippen LogP contribution >= 0.6 is 0 Å². The van der Waals surface area contributed by atoms with E-state index < -0.39 is 10.5 Å². The average molecular weight is 282 g/mol. The number of rotatable bonds is 2. The van der Waals surface area contributed by atoms with Crippen molar-refractivity contribution in [1.82, 2.24) is 4.90 Å². The Bertz CT molecular complexity index is 413. The topological polar surface area (TPSA) is 72.7 Å². The summed E-state index contributed by atoms with van der Waals surface area (Å²) in [7, 11) is 0. The predicted octanol–water partition coefficient (Wildman–Crippen LogP) is 2.67. The Kier molecular flexibility index (Phi) is 4.01. The van der Waals surface area contributed by atoms with Crippen LogP contribution in [0, 0.1) is 27.9 Å². The molecule has 0 radical (unpaired) electrons. The van der Waals surface area contributed by atoms with Crippen molar-refractivity contribution in [1.29, 1.82) is 0 Å². The van der Waals surface area contributed by atoms with E-state index in [2.05, 4.69) is 0 Å². The molecule has 2 aliphatic rings. The fraction of sp³-hybridized carbons (Fsp3) is 0.786. The van der Waals surface area contributed by atoms with E-state index in [1.807, 2.05) is 20.8 Å². The quantitative estimate of drug-likeness (QED) is 0.576. The third-order valence-electron chi connectivity index (χ3n) is 3.99. The monoisotopic (exact) mass is 282 g/mol. The van der Waals surface area contributed by atoms with E-state index in [1.54, 1.807) is 11.0 Å². The van der Waals surface area contributed by atoms with Crippen molar-refractivity contribution in [2.45, 2.75) is 39.2 Å². The maximum absolute atomic E-state index is 12.1. The van der Waals surface area contributed by atoms with Crippen LogP contribution in [0.3, 0.4) is 0 Å². The smallest absolute Gasteiger partial charge is 0.410 e. The zero-order chi connectivity index (χ0) is 14.9. The van der Waals surface area contributed by atoms with Crippen molar-refractivity contribution in [3.63, 3.8) is 0 Å². The van der Waals surface area contributed by atoms with Gasteiger partial charge in [-0.25, -0.2) is 4.79 Å². The van der Waals surface area contributed by atoms with Crippen molar-refractivity contribution in [3.05, 3.63) is 22.4 Å². The first-order valence-corrected chi connectivity index (χ1v) is 7.06. The second-order valence-corrected chi connectivity index (χ2v) is 6.69. The molecule has 1 aliphatic heterocycles. The van der Waals surface area contributed by atoms with Crippen molar-refractivity contribution in [2.75, 3.05) is 13.1 Å². The molecule has 0 aromatic heterocycles. The zero-order valence-corrected chi connectivity index (χ0v) is 12.2. The van der Waals surface area contributed by atoms with Gasteiger partial charge in [-0.3, -0.25) is 10.1 Å². The number of allylic oxidation sites excluding steroid dienone is 1. The molecule has 1 saturated heterocycles. The van der Waals surface area contributed by atoms with Crippen LogP contribution in [0.25, 0.3) is 0 Å². The molecule has 0 unspecified atom stereocenters. The van der Waals surface area contributed by atoms with E-state index in [0.717, 1.165) is 19.0 Å². The lowest BCUT2D eigenvalue weighted by Gasteiger charge is -2.37. The van der Waals surface area contributed by atoms with Gasteiger partial charge in [-0.15, -0.1) is 0 Å². The van der Waals surface area contributed by atoms with Gasteiger partial charge < -0.3 is 9.64 Å². The molecule has 0 spiro atoms. The third kappa shape index (κ3) is 3.49. The van der Waals surface area contributed by atoms with Crippen LogP contribution in [0.4, 0.5) is 4.79 Å². The van der Waals surface area contributed by atoms with Gasteiger partial charge in [0.15, 0.2) is 0 Å². The normalized spacial score (nSPS) is 29.8. The molecule has 112 valence electrons. The van der Waals surface area contributed by atoms with Crippen LogP contribution in [0.5, 0.6) is 0 Å². The largest absolute Gasteiger partial charge is 0.444 e. The Hall–Kier alpha value is -1.59. The van der Waals surface area contributed by atoms with E-state index in [9.17, 15) is 14.9 Å². The number of piperidine rings is 1. The Morgan fingerprint density at radius 2 is 1.85 bits per heavy atom. The predicted molar refractivity (Wildman–Crippen MR) is 73.6 cm³/mol. The second-order valence-electron chi connectivity index (χ2n) is 6.69. The number of hydrogen-bond acceptors (Lipinski definition) is 4. The van der Waals surface area contributed by atoms with Gasteiger partial charge in [0.2, 0.25) is 6.20 Å². The molecule has 3 atom stereocenters. The number of amides is 1. The fourth-order valence-electron chi connectivity index (χ4n) is 3.22. The molecule has 1 amide bonds. The molecular formula is C14H22N2O4. The summed E-state index contributed by atoms with van der Waals surface area (Å²) in [4.78, 5) is 23.9. The summed E-state index contributed by atoms with van der Waals surface area (Å²) < 4.78 is 5.40. The molecule has 1 heterocycles. The molecule has 0 N–H and O–H groups in total. The molecule has 2 bridgehead atoms. The Morgan fingerprint density at radius 1 is 1.30 bits per heavy atom. The van der Waals surface area contributed by atoms with Crippen molar-refractivity contribution in [2.24, 2.45) is 17.8 Å². The minimum Gasteiger partial charge on any atom is -0.444 e. The summed E-state index contributed by atoms with van der Waals surface area (Å²) in [6.45, 7) is 6.83. The highest BCUT2D eigenvalue weighted by Gasteiger charge is 2.43. The highest BCUT2D eigenvalue weighted by atomic mass is 16.6.